The van der Waals surface area contributed by atoms with Crippen LogP contribution in [0.15, 0.2) is 64.3 Å². The second-order valence-corrected chi connectivity index (χ2v) is 7.31. The Hall–Kier alpha value is -1.89. The molecule has 22 heavy (non-hydrogen) atoms. The highest BCUT2D eigenvalue weighted by Crippen LogP contribution is 2.29. The van der Waals surface area contributed by atoms with Crippen LogP contribution < -0.4 is 4.72 Å². The smallest absolute Gasteiger partial charge is 0.261 e. The molecule has 0 spiro atoms. The SMILES string of the molecule is O=S(=O)(Nc1cc(-c2ccsc2)cnc1Cl)c1ccccc1. The molecular formula is C15H11ClN2O2S2. The number of thiophene rings is 1. The molecule has 0 radical (unpaired) electrons. The molecule has 0 aliphatic heterocycles. The Labute approximate surface area is 137 Å². The summed E-state index contributed by atoms with van der Waals surface area (Å²) < 4.78 is 27.2. The zero-order valence-corrected chi connectivity index (χ0v) is 13.6. The van der Waals surface area contributed by atoms with E-state index in [1.54, 1.807) is 41.8 Å². The third-order valence-corrected chi connectivity index (χ3v) is 5.36. The van der Waals surface area contributed by atoms with Crippen molar-refractivity contribution < 1.29 is 8.42 Å². The Balaban J connectivity index is 1.97. The molecule has 0 unspecified atom stereocenters. The Bertz CT molecular complexity index is 879. The van der Waals surface area contributed by atoms with E-state index >= 15 is 0 Å². The number of benzene rings is 1. The van der Waals surface area contributed by atoms with Gasteiger partial charge in [-0.2, -0.15) is 11.3 Å². The van der Waals surface area contributed by atoms with Gasteiger partial charge in [0, 0.05) is 11.8 Å². The molecule has 0 saturated heterocycles. The van der Waals surface area contributed by atoms with Crippen LogP contribution >= 0.6 is 22.9 Å². The summed E-state index contributed by atoms with van der Waals surface area (Å²) in [6.07, 6.45) is 1.62. The van der Waals surface area contributed by atoms with Gasteiger partial charge in [0.25, 0.3) is 10.0 Å². The Morgan fingerprint density at radius 1 is 1.09 bits per heavy atom. The predicted molar refractivity (Wildman–Crippen MR) is 89.8 cm³/mol. The molecule has 2 heterocycles. The lowest BCUT2D eigenvalue weighted by atomic mass is 10.1. The first-order valence-electron chi connectivity index (χ1n) is 6.32. The highest BCUT2D eigenvalue weighted by molar-refractivity contribution is 7.92. The minimum absolute atomic E-state index is 0.110. The van der Waals surface area contributed by atoms with Crippen molar-refractivity contribution in [1.29, 1.82) is 0 Å². The predicted octanol–water partition coefficient (Wildman–Crippen LogP) is 4.26. The van der Waals surface area contributed by atoms with E-state index in [2.05, 4.69) is 9.71 Å². The van der Waals surface area contributed by atoms with E-state index in [1.165, 1.54) is 12.1 Å². The highest BCUT2D eigenvalue weighted by Gasteiger charge is 2.16. The van der Waals surface area contributed by atoms with E-state index in [9.17, 15) is 8.42 Å². The number of sulfonamides is 1. The van der Waals surface area contributed by atoms with E-state index < -0.39 is 10.0 Å². The molecular weight excluding hydrogens is 340 g/mol. The van der Waals surface area contributed by atoms with Crippen LogP contribution in [-0.4, -0.2) is 13.4 Å². The first-order chi connectivity index (χ1) is 10.6. The minimum Gasteiger partial charge on any atom is -0.276 e. The Morgan fingerprint density at radius 3 is 2.55 bits per heavy atom. The molecule has 0 amide bonds. The number of pyridine rings is 1. The molecule has 0 aliphatic carbocycles. The van der Waals surface area contributed by atoms with E-state index in [-0.39, 0.29) is 15.7 Å². The van der Waals surface area contributed by atoms with Gasteiger partial charge in [0.15, 0.2) is 5.15 Å². The van der Waals surface area contributed by atoms with Crippen molar-refractivity contribution in [3.05, 3.63) is 64.6 Å². The molecule has 112 valence electrons. The number of nitrogens with zero attached hydrogens (tertiary/aromatic N) is 1. The van der Waals surface area contributed by atoms with Crippen molar-refractivity contribution in [2.75, 3.05) is 4.72 Å². The number of hydrogen-bond donors (Lipinski definition) is 1. The van der Waals surface area contributed by atoms with Crippen LogP contribution in [-0.2, 0) is 10.0 Å². The molecule has 0 bridgehead atoms. The zero-order valence-electron chi connectivity index (χ0n) is 11.2. The fourth-order valence-corrected chi connectivity index (χ4v) is 3.86. The summed E-state index contributed by atoms with van der Waals surface area (Å²) in [6.45, 7) is 0. The van der Waals surface area contributed by atoms with E-state index in [0.29, 0.717) is 0 Å². The summed E-state index contributed by atoms with van der Waals surface area (Å²) in [6, 6.07) is 11.7. The quantitative estimate of drug-likeness (QED) is 0.715. The fraction of sp³-hybridized carbons (Fsp3) is 0. The summed E-state index contributed by atoms with van der Waals surface area (Å²) >= 11 is 7.57. The van der Waals surface area contributed by atoms with Crippen molar-refractivity contribution in [2.45, 2.75) is 4.90 Å². The van der Waals surface area contributed by atoms with Gasteiger partial charge in [-0.1, -0.05) is 29.8 Å². The van der Waals surface area contributed by atoms with Gasteiger partial charge in [0.05, 0.1) is 10.6 Å². The molecule has 3 rings (SSSR count). The lowest BCUT2D eigenvalue weighted by Gasteiger charge is -2.10. The molecule has 7 heteroatoms. The summed E-state index contributed by atoms with van der Waals surface area (Å²) in [5.41, 5.74) is 2.03. The van der Waals surface area contributed by atoms with Crippen LogP contribution in [0.2, 0.25) is 5.15 Å². The van der Waals surface area contributed by atoms with E-state index in [4.69, 9.17) is 11.6 Å². The largest absolute Gasteiger partial charge is 0.276 e. The first kappa shape index (κ1) is 15.0. The van der Waals surface area contributed by atoms with Crippen molar-refractivity contribution in [3.63, 3.8) is 0 Å². The standard InChI is InChI=1S/C15H11ClN2O2S2/c16-15-14(8-12(9-17-15)11-6-7-21-10-11)18-22(19,20)13-4-2-1-3-5-13/h1-10,18H. The topological polar surface area (TPSA) is 59.1 Å². The number of rotatable bonds is 4. The second kappa shape index (κ2) is 6.08. The third-order valence-electron chi connectivity index (χ3n) is 2.99. The molecule has 2 aromatic heterocycles. The van der Waals surface area contributed by atoms with Crippen molar-refractivity contribution in [2.24, 2.45) is 0 Å². The number of aromatic nitrogens is 1. The lowest BCUT2D eigenvalue weighted by Crippen LogP contribution is -2.13. The van der Waals surface area contributed by atoms with Crippen molar-refractivity contribution >= 4 is 38.6 Å². The highest BCUT2D eigenvalue weighted by atomic mass is 35.5. The summed E-state index contributed by atoms with van der Waals surface area (Å²) in [5.74, 6) is 0. The average Bonchev–Trinajstić information content (AvgIpc) is 3.04. The molecule has 1 aromatic carbocycles. The molecule has 0 atom stereocenters. The maximum absolute atomic E-state index is 12.4. The summed E-state index contributed by atoms with van der Waals surface area (Å²) in [4.78, 5) is 4.23. The fourth-order valence-electron chi connectivity index (χ4n) is 1.91. The van der Waals surface area contributed by atoms with Crippen LogP contribution in [0.4, 0.5) is 5.69 Å². The van der Waals surface area contributed by atoms with Gasteiger partial charge in [-0.05, 0) is 40.6 Å². The third kappa shape index (κ3) is 3.14. The van der Waals surface area contributed by atoms with Crippen LogP contribution in [0.25, 0.3) is 11.1 Å². The van der Waals surface area contributed by atoms with Gasteiger partial charge in [0.1, 0.15) is 0 Å². The molecule has 3 aromatic rings. The first-order valence-corrected chi connectivity index (χ1v) is 9.13. The van der Waals surface area contributed by atoms with Crippen LogP contribution in [0.5, 0.6) is 0 Å². The van der Waals surface area contributed by atoms with Gasteiger partial charge >= 0.3 is 0 Å². The lowest BCUT2D eigenvalue weighted by molar-refractivity contribution is 0.601. The zero-order chi connectivity index (χ0) is 15.6. The Morgan fingerprint density at radius 2 is 1.86 bits per heavy atom. The van der Waals surface area contributed by atoms with Crippen LogP contribution in [0.1, 0.15) is 0 Å². The van der Waals surface area contributed by atoms with Gasteiger partial charge in [-0.15, -0.1) is 0 Å². The van der Waals surface area contributed by atoms with Crippen LogP contribution in [0, 0.1) is 0 Å². The molecule has 4 nitrogen and oxygen atoms in total. The number of hydrogen-bond acceptors (Lipinski definition) is 4. The summed E-state index contributed by atoms with van der Waals surface area (Å²) in [5, 5.41) is 4.01. The Kier molecular flexibility index (Phi) is 4.15. The maximum Gasteiger partial charge on any atom is 0.261 e. The van der Waals surface area contributed by atoms with Gasteiger partial charge in [0.2, 0.25) is 0 Å². The van der Waals surface area contributed by atoms with Gasteiger partial charge < -0.3 is 0 Å². The molecule has 1 N–H and O–H groups in total. The van der Waals surface area contributed by atoms with Gasteiger partial charge in [-0.3, -0.25) is 4.72 Å². The van der Waals surface area contributed by atoms with Crippen molar-refractivity contribution in [3.8, 4) is 11.1 Å². The minimum atomic E-state index is -3.69. The van der Waals surface area contributed by atoms with E-state index in [1.807, 2.05) is 16.8 Å². The normalized spacial score (nSPS) is 11.3. The molecule has 0 saturated carbocycles. The van der Waals surface area contributed by atoms with Gasteiger partial charge in [-0.25, -0.2) is 13.4 Å². The average molecular weight is 351 g/mol. The monoisotopic (exact) mass is 350 g/mol. The van der Waals surface area contributed by atoms with E-state index in [0.717, 1.165) is 11.1 Å². The van der Waals surface area contributed by atoms with Crippen molar-refractivity contribution in [1.82, 2.24) is 4.98 Å². The number of anilines is 1. The molecule has 0 fully saturated rings. The number of halogens is 1. The van der Waals surface area contributed by atoms with Crippen LogP contribution in [0.3, 0.4) is 0 Å². The molecule has 0 aliphatic rings. The number of nitrogens with one attached hydrogen (secondary N) is 1. The maximum atomic E-state index is 12.4. The second-order valence-electron chi connectivity index (χ2n) is 4.49. The summed E-state index contributed by atoms with van der Waals surface area (Å²) in [7, 11) is -3.69.